The highest BCUT2D eigenvalue weighted by Crippen LogP contribution is 2.37. The zero-order valence-corrected chi connectivity index (χ0v) is 8.17. The molecular formula is C8H9F3N2S. The smallest absolute Gasteiger partial charge is 0.398 e. The lowest BCUT2D eigenvalue weighted by atomic mass is 10.1. The van der Waals surface area contributed by atoms with Crippen molar-refractivity contribution in [1.29, 1.82) is 0 Å². The van der Waals surface area contributed by atoms with E-state index < -0.39 is 11.7 Å². The molecule has 1 aromatic carbocycles. The van der Waals surface area contributed by atoms with Crippen molar-refractivity contribution in [2.24, 2.45) is 0 Å². The van der Waals surface area contributed by atoms with Crippen LogP contribution in [0.3, 0.4) is 0 Å². The highest BCUT2D eigenvalue weighted by atomic mass is 32.2. The van der Waals surface area contributed by atoms with Gasteiger partial charge in [0.2, 0.25) is 0 Å². The first kappa shape index (κ1) is 11.0. The molecule has 1 rings (SSSR count). The Hall–Kier alpha value is -1.04. The van der Waals surface area contributed by atoms with Crippen molar-refractivity contribution in [1.82, 2.24) is 0 Å². The third-order valence-corrected chi connectivity index (χ3v) is 2.56. The number of nitrogens with two attached hydrogens (primary N) is 2. The summed E-state index contributed by atoms with van der Waals surface area (Å²) in [5, 5.41) is 0. The molecule has 0 bridgehead atoms. The molecule has 0 saturated carbocycles. The monoisotopic (exact) mass is 222 g/mol. The number of rotatable bonds is 1. The number of halogens is 3. The lowest BCUT2D eigenvalue weighted by Crippen LogP contribution is -2.07. The Balaban J connectivity index is 3.28. The minimum Gasteiger partial charge on any atom is -0.398 e. The average molecular weight is 222 g/mol. The third kappa shape index (κ3) is 2.06. The maximum atomic E-state index is 12.3. The van der Waals surface area contributed by atoms with E-state index in [9.17, 15) is 13.2 Å². The first-order chi connectivity index (χ1) is 6.36. The number of hydrogen-bond donors (Lipinski definition) is 2. The molecule has 4 N–H and O–H groups in total. The van der Waals surface area contributed by atoms with Gasteiger partial charge < -0.3 is 11.5 Å². The number of alkyl halides is 3. The van der Waals surface area contributed by atoms with E-state index in [0.29, 0.717) is 4.90 Å². The maximum absolute atomic E-state index is 12.3. The lowest BCUT2D eigenvalue weighted by Gasteiger charge is -2.12. The minimum atomic E-state index is -4.40. The predicted molar refractivity (Wildman–Crippen MR) is 52.0 cm³/mol. The Morgan fingerprint density at radius 2 is 1.57 bits per heavy atom. The van der Waals surface area contributed by atoms with Gasteiger partial charge in [-0.15, -0.1) is 11.8 Å². The molecule has 78 valence electrons. The van der Waals surface area contributed by atoms with Crippen LogP contribution in [0.1, 0.15) is 5.56 Å². The van der Waals surface area contributed by atoms with Crippen LogP contribution < -0.4 is 11.5 Å². The van der Waals surface area contributed by atoms with Crippen LogP contribution >= 0.6 is 11.8 Å². The summed E-state index contributed by atoms with van der Waals surface area (Å²) < 4.78 is 36.8. The van der Waals surface area contributed by atoms with Crippen LogP contribution in [0.2, 0.25) is 0 Å². The van der Waals surface area contributed by atoms with Crippen LogP contribution in [0.15, 0.2) is 17.0 Å². The summed E-state index contributed by atoms with van der Waals surface area (Å²) >= 11 is 1.22. The molecule has 0 heterocycles. The van der Waals surface area contributed by atoms with Gasteiger partial charge in [-0.2, -0.15) is 13.2 Å². The van der Waals surface area contributed by atoms with Crippen molar-refractivity contribution in [2.45, 2.75) is 11.1 Å². The van der Waals surface area contributed by atoms with Crippen molar-refractivity contribution >= 4 is 23.1 Å². The van der Waals surface area contributed by atoms with E-state index in [0.717, 1.165) is 12.1 Å². The highest BCUT2D eigenvalue weighted by Gasteiger charge is 2.31. The minimum absolute atomic E-state index is 0.0600. The summed E-state index contributed by atoms with van der Waals surface area (Å²) in [5.74, 6) is 0. The van der Waals surface area contributed by atoms with E-state index in [-0.39, 0.29) is 11.4 Å². The van der Waals surface area contributed by atoms with Gasteiger partial charge in [0, 0.05) is 11.4 Å². The number of nitrogen functional groups attached to an aromatic ring is 2. The Kier molecular flexibility index (Phi) is 2.84. The summed E-state index contributed by atoms with van der Waals surface area (Å²) in [4.78, 5) is 0.484. The SMILES string of the molecule is CSc1c(N)cc(C(F)(F)F)cc1N. The predicted octanol–water partition coefficient (Wildman–Crippen LogP) is 2.59. The van der Waals surface area contributed by atoms with Crippen LogP contribution in [-0.2, 0) is 6.18 Å². The van der Waals surface area contributed by atoms with Crippen molar-refractivity contribution in [3.8, 4) is 0 Å². The van der Waals surface area contributed by atoms with Crippen LogP contribution in [0.25, 0.3) is 0 Å². The largest absolute Gasteiger partial charge is 0.416 e. The lowest BCUT2D eigenvalue weighted by molar-refractivity contribution is -0.137. The summed E-state index contributed by atoms with van der Waals surface area (Å²) in [5.41, 5.74) is 10.2. The Morgan fingerprint density at radius 1 is 1.14 bits per heavy atom. The van der Waals surface area contributed by atoms with Gasteiger partial charge in [-0.1, -0.05) is 0 Å². The second-order valence-corrected chi connectivity index (χ2v) is 3.50. The Morgan fingerprint density at radius 3 is 1.86 bits per heavy atom. The topological polar surface area (TPSA) is 52.0 Å². The second kappa shape index (κ2) is 3.61. The molecule has 0 aliphatic rings. The Labute approximate surface area is 83.5 Å². The molecule has 0 aromatic heterocycles. The molecule has 0 spiro atoms. The van der Waals surface area contributed by atoms with Crippen LogP contribution in [0, 0.1) is 0 Å². The highest BCUT2D eigenvalue weighted by molar-refractivity contribution is 7.99. The zero-order chi connectivity index (χ0) is 10.9. The number of anilines is 2. The van der Waals surface area contributed by atoms with Crippen LogP contribution in [0.4, 0.5) is 24.5 Å². The van der Waals surface area contributed by atoms with Crippen molar-refractivity contribution < 1.29 is 13.2 Å². The maximum Gasteiger partial charge on any atom is 0.416 e. The molecule has 0 atom stereocenters. The molecular weight excluding hydrogens is 213 g/mol. The van der Waals surface area contributed by atoms with Crippen LogP contribution in [0.5, 0.6) is 0 Å². The molecule has 6 heteroatoms. The molecule has 0 unspecified atom stereocenters. The Bertz CT molecular complexity index is 326. The molecule has 0 radical (unpaired) electrons. The molecule has 2 nitrogen and oxygen atoms in total. The molecule has 0 saturated heterocycles. The molecule has 0 aliphatic carbocycles. The van der Waals surface area contributed by atoms with E-state index >= 15 is 0 Å². The van der Waals surface area contributed by atoms with Crippen molar-refractivity contribution in [2.75, 3.05) is 17.7 Å². The van der Waals surface area contributed by atoms with Gasteiger partial charge in [0.15, 0.2) is 0 Å². The summed E-state index contributed by atoms with van der Waals surface area (Å²) in [6.45, 7) is 0. The van der Waals surface area contributed by atoms with Gasteiger partial charge in [0.05, 0.1) is 10.5 Å². The summed E-state index contributed by atoms with van der Waals surface area (Å²) in [6.07, 6.45) is -2.70. The third-order valence-electron chi connectivity index (χ3n) is 1.68. The van der Waals surface area contributed by atoms with E-state index in [4.69, 9.17) is 11.5 Å². The first-order valence-electron chi connectivity index (χ1n) is 3.66. The number of hydrogen-bond acceptors (Lipinski definition) is 3. The molecule has 0 fully saturated rings. The van der Waals surface area contributed by atoms with Gasteiger partial charge >= 0.3 is 6.18 Å². The van der Waals surface area contributed by atoms with Gasteiger partial charge in [0.1, 0.15) is 0 Å². The molecule has 0 aliphatic heterocycles. The van der Waals surface area contributed by atoms with E-state index in [1.54, 1.807) is 6.26 Å². The zero-order valence-electron chi connectivity index (χ0n) is 7.35. The normalized spacial score (nSPS) is 11.7. The van der Waals surface area contributed by atoms with Crippen LogP contribution in [-0.4, -0.2) is 6.26 Å². The fourth-order valence-corrected chi connectivity index (χ4v) is 1.66. The second-order valence-electron chi connectivity index (χ2n) is 2.69. The van der Waals surface area contributed by atoms with Gasteiger partial charge in [-0.25, -0.2) is 0 Å². The van der Waals surface area contributed by atoms with Crippen molar-refractivity contribution in [3.63, 3.8) is 0 Å². The number of benzene rings is 1. The quantitative estimate of drug-likeness (QED) is 0.567. The van der Waals surface area contributed by atoms with Gasteiger partial charge in [0.25, 0.3) is 0 Å². The van der Waals surface area contributed by atoms with E-state index in [2.05, 4.69) is 0 Å². The standard InChI is InChI=1S/C8H9F3N2S/c1-14-7-5(12)2-4(3-6(7)13)8(9,10)11/h2-3H,12-13H2,1H3. The average Bonchev–Trinajstić information content (AvgIpc) is 2.01. The fourth-order valence-electron chi connectivity index (χ4n) is 1.07. The summed E-state index contributed by atoms with van der Waals surface area (Å²) in [6, 6.07) is 1.78. The molecule has 0 amide bonds. The van der Waals surface area contributed by atoms with Gasteiger partial charge in [-0.05, 0) is 18.4 Å². The molecule has 1 aromatic rings. The van der Waals surface area contributed by atoms with Gasteiger partial charge in [-0.3, -0.25) is 0 Å². The summed E-state index contributed by atoms with van der Waals surface area (Å²) in [7, 11) is 0. The van der Waals surface area contributed by atoms with E-state index in [1.807, 2.05) is 0 Å². The molecule has 14 heavy (non-hydrogen) atoms. The van der Waals surface area contributed by atoms with Crippen molar-refractivity contribution in [3.05, 3.63) is 17.7 Å². The van der Waals surface area contributed by atoms with E-state index in [1.165, 1.54) is 11.8 Å². The number of thioether (sulfide) groups is 1. The first-order valence-corrected chi connectivity index (χ1v) is 4.89. The fraction of sp³-hybridized carbons (Fsp3) is 0.250.